The minimum Gasteiger partial charge on any atom is -0.481 e. The van der Waals surface area contributed by atoms with E-state index in [1.807, 2.05) is 24.3 Å². The zero-order valence-corrected chi connectivity index (χ0v) is 23.3. The highest BCUT2D eigenvalue weighted by atomic mass is 16.6. The molecule has 0 aliphatic heterocycles. The summed E-state index contributed by atoms with van der Waals surface area (Å²) in [6, 6.07) is 16.4. The van der Waals surface area contributed by atoms with Crippen LogP contribution in [0.4, 0.5) is 4.79 Å². The van der Waals surface area contributed by atoms with Crippen molar-refractivity contribution in [2.45, 2.75) is 25.2 Å². The fourth-order valence-corrected chi connectivity index (χ4v) is 4.35. The van der Waals surface area contributed by atoms with E-state index < -0.39 is 12.1 Å². The minimum absolute atomic E-state index is 0.0148. The van der Waals surface area contributed by atoms with Crippen molar-refractivity contribution in [3.8, 4) is 11.1 Å². The Hall–Kier alpha value is -3.51. The molecule has 0 fully saturated rings. The Bertz CT molecular complexity index is 1050. The molecule has 0 spiro atoms. The topological polar surface area (TPSA) is 142 Å². The Morgan fingerprint density at radius 1 is 0.659 bits per heavy atom. The third-order valence-corrected chi connectivity index (χ3v) is 6.33. The van der Waals surface area contributed by atoms with Crippen LogP contribution in [0.2, 0.25) is 0 Å². The average molecular weight is 573 g/mol. The van der Waals surface area contributed by atoms with Crippen LogP contribution in [-0.4, -0.2) is 95.6 Å². The molecule has 1 aliphatic rings. The number of hydrogen-bond donors (Lipinski definition) is 3. The summed E-state index contributed by atoms with van der Waals surface area (Å²) in [7, 11) is 0. The van der Waals surface area contributed by atoms with Gasteiger partial charge in [0.15, 0.2) is 0 Å². The fourth-order valence-electron chi connectivity index (χ4n) is 4.35. The molecule has 11 nitrogen and oxygen atoms in total. The first kappa shape index (κ1) is 32.0. The summed E-state index contributed by atoms with van der Waals surface area (Å²) in [5, 5.41) is 13.9. The van der Waals surface area contributed by atoms with Gasteiger partial charge in [0.25, 0.3) is 0 Å². The molecule has 0 saturated carbocycles. The normalized spacial score (nSPS) is 12.0. The Kier molecular flexibility index (Phi) is 14.7. The summed E-state index contributed by atoms with van der Waals surface area (Å²) in [5.41, 5.74) is 4.74. The molecule has 0 atom stereocenters. The Labute approximate surface area is 240 Å². The maximum atomic E-state index is 12.2. The maximum Gasteiger partial charge on any atom is 0.407 e. The number of fused-ring (bicyclic) bond motifs is 3. The van der Waals surface area contributed by atoms with Crippen molar-refractivity contribution in [2.75, 3.05) is 72.6 Å². The van der Waals surface area contributed by atoms with E-state index in [1.54, 1.807) is 0 Å². The van der Waals surface area contributed by atoms with Gasteiger partial charge < -0.3 is 39.4 Å². The molecule has 0 aromatic heterocycles. The van der Waals surface area contributed by atoms with Crippen LogP contribution in [0.1, 0.15) is 36.3 Å². The third-order valence-electron chi connectivity index (χ3n) is 6.33. The minimum atomic E-state index is -0.986. The molecular weight excluding hydrogens is 532 g/mol. The predicted octanol–water partition coefficient (Wildman–Crippen LogP) is 2.96. The average Bonchev–Trinajstić information content (AvgIpc) is 3.30. The number of ether oxygens (including phenoxy) is 5. The Morgan fingerprint density at radius 2 is 1.20 bits per heavy atom. The van der Waals surface area contributed by atoms with Gasteiger partial charge in [-0.2, -0.15) is 0 Å². The Balaban J connectivity index is 1.08. The van der Waals surface area contributed by atoms with Gasteiger partial charge in [-0.25, -0.2) is 4.79 Å². The Morgan fingerprint density at radius 3 is 1.78 bits per heavy atom. The number of alkyl carbamates (subject to hydrolysis) is 1. The summed E-state index contributed by atoms with van der Waals surface area (Å²) in [4.78, 5) is 33.9. The number of benzene rings is 2. The summed E-state index contributed by atoms with van der Waals surface area (Å²) < 4.78 is 27.3. The molecule has 3 rings (SSSR count). The first-order valence-electron chi connectivity index (χ1n) is 13.9. The molecule has 0 heterocycles. The molecule has 41 heavy (non-hydrogen) atoms. The van der Waals surface area contributed by atoms with Gasteiger partial charge in [0, 0.05) is 32.0 Å². The molecule has 224 valence electrons. The molecule has 0 unspecified atom stereocenters. The molecule has 3 N–H and O–H groups in total. The van der Waals surface area contributed by atoms with E-state index in [0.717, 1.165) is 0 Å². The molecule has 11 heteroatoms. The maximum absolute atomic E-state index is 12.2. The number of rotatable bonds is 21. The molecule has 1 aliphatic carbocycles. The zero-order valence-electron chi connectivity index (χ0n) is 23.3. The number of carboxylic acid groups (broad SMARTS) is 1. The van der Waals surface area contributed by atoms with Crippen LogP contribution in [0, 0.1) is 0 Å². The number of carbonyl (C=O) groups excluding carboxylic acids is 2. The van der Waals surface area contributed by atoms with Gasteiger partial charge >= 0.3 is 12.1 Å². The lowest BCUT2D eigenvalue weighted by atomic mass is 9.98. The van der Waals surface area contributed by atoms with Crippen molar-refractivity contribution < 1.29 is 43.2 Å². The van der Waals surface area contributed by atoms with Gasteiger partial charge in [0.05, 0.1) is 52.7 Å². The largest absolute Gasteiger partial charge is 0.481 e. The number of carboxylic acids is 1. The van der Waals surface area contributed by atoms with Gasteiger partial charge in [-0.05, 0) is 28.7 Å². The van der Waals surface area contributed by atoms with Gasteiger partial charge in [0.1, 0.15) is 6.61 Å². The molecule has 0 bridgehead atoms. The van der Waals surface area contributed by atoms with Crippen molar-refractivity contribution in [1.29, 1.82) is 0 Å². The lowest BCUT2D eigenvalue weighted by Crippen LogP contribution is -2.29. The second-order valence-corrected chi connectivity index (χ2v) is 9.30. The summed E-state index contributed by atoms with van der Waals surface area (Å²) >= 11 is 0. The van der Waals surface area contributed by atoms with E-state index in [4.69, 9.17) is 28.8 Å². The summed E-state index contributed by atoms with van der Waals surface area (Å²) in [6.45, 7) is 4.47. The smallest absolute Gasteiger partial charge is 0.407 e. The van der Waals surface area contributed by atoms with Crippen molar-refractivity contribution in [1.82, 2.24) is 10.6 Å². The number of nitrogens with one attached hydrogen (secondary N) is 2. The molecule has 2 aromatic rings. The molecule has 2 amide bonds. The highest BCUT2D eigenvalue weighted by Crippen LogP contribution is 2.44. The van der Waals surface area contributed by atoms with Gasteiger partial charge in [0.2, 0.25) is 5.91 Å². The third kappa shape index (κ3) is 11.9. The first-order chi connectivity index (χ1) is 20.1. The summed E-state index contributed by atoms with van der Waals surface area (Å²) in [6.07, 6.45) is -0.00505. The highest BCUT2D eigenvalue weighted by Gasteiger charge is 2.28. The molecule has 0 saturated heterocycles. The SMILES string of the molecule is O=C(O)CCC(=O)NCCCOCCOCCOCCOCCNC(=O)OCC1c2ccccc2-c2ccccc21. The van der Waals surface area contributed by atoms with Crippen LogP contribution < -0.4 is 10.6 Å². The second-order valence-electron chi connectivity index (χ2n) is 9.30. The predicted molar refractivity (Wildman–Crippen MR) is 151 cm³/mol. The van der Waals surface area contributed by atoms with Crippen molar-refractivity contribution in [3.05, 3.63) is 59.7 Å². The lowest BCUT2D eigenvalue weighted by Gasteiger charge is -2.14. The van der Waals surface area contributed by atoms with Crippen LogP contribution in [0.15, 0.2) is 48.5 Å². The van der Waals surface area contributed by atoms with Crippen molar-refractivity contribution >= 4 is 18.0 Å². The highest BCUT2D eigenvalue weighted by molar-refractivity contribution is 5.80. The standard InChI is InChI=1S/C30H40N2O9/c33-28(10-11-29(34)35)31-12-5-14-37-16-18-39-20-21-40-19-17-38-15-13-32-30(36)41-22-27-25-8-3-1-6-23(25)24-7-2-4-9-26(24)27/h1-4,6-9,27H,5,10-22H2,(H,31,33)(H,32,36)(H,34,35). The van der Waals surface area contributed by atoms with Crippen LogP contribution in [0.25, 0.3) is 11.1 Å². The van der Waals surface area contributed by atoms with Crippen LogP contribution >= 0.6 is 0 Å². The van der Waals surface area contributed by atoms with Crippen LogP contribution in [-0.2, 0) is 33.3 Å². The second kappa shape index (κ2) is 18.8. The van der Waals surface area contributed by atoms with Gasteiger partial charge in [-0.1, -0.05) is 48.5 Å². The number of hydrogen-bond acceptors (Lipinski definition) is 8. The van der Waals surface area contributed by atoms with E-state index in [9.17, 15) is 14.4 Å². The lowest BCUT2D eigenvalue weighted by molar-refractivity contribution is -0.138. The van der Waals surface area contributed by atoms with Crippen molar-refractivity contribution in [3.63, 3.8) is 0 Å². The van der Waals surface area contributed by atoms with E-state index in [1.165, 1.54) is 22.3 Å². The van der Waals surface area contributed by atoms with Gasteiger partial charge in [-0.15, -0.1) is 0 Å². The molecule has 2 aromatic carbocycles. The van der Waals surface area contributed by atoms with Gasteiger partial charge in [-0.3, -0.25) is 9.59 Å². The van der Waals surface area contributed by atoms with E-state index in [-0.39, 0.29) is 31.3 Å². The fraction of sp³-hybridized carbons (Fsp3) is 0.500. The zero-order chi connectivity index (χ0) is 29.1. The monoisotopic (exact) mass is 572 g/mol. The van der Waals surface area contributed by atoms with E-state index >= 15 is 0 Å². The number of amides is 2. The first-order valence-corrected chi connectivity index (χ1v) is 13.9. The van der Waals surface area contributed by atoms with Crippen LogP contribution in [0.5, 0.6) is 0 Å². The van der Waals surface area contributed by atoms with E-state index in [0.29, 0.717) is 72.4 Å². The quantitative estimate of drug-likeness (QED) is 0.193. The number of aliphatic carboxylic acids is 1. The summed E-state index contributed by atoms with van der Waals surface area (Å²) in [5.74, 6) is -1.23. The molecule has 0 radical (unpaired) electrons. The number of carbonyl (C=O) groups is 3. The van der Waals surface area contributed by atoms with E-state index in [2.05, 4.69) is 34.9 Å². The molecular formula is C30H40N2O9. The van der Waals surface area contributed by atoms with Crippen LogP contribution in [0.3, 0.4) is 0 Å². The van der Waals surface area contributed by atoms with Crippen molar-refractivity contribution in [2.24, 2.45) is 0 Å².